The molecule has 0 saturated heterocycles. The lowest BCUT2D eigenvalue weighted by molar-refractivity contribution is 0.430. The van der Waals surface area contributed by atoms with Gasteiger partial charge in [0, 0.05) is 11.5 Å². The maximum Gasteiger partial charge on any atom is 0.111 e. The van der Waals surface area contributed by atoms with Crippen LogP contribution in [0.15, 0.2) is 30.5 Å². The molecule has 1 aliphatic carbocycles. The molecule has 3 rings (SSSR count). The fourth-order valence-corrected chi connectivity index (χ4v) is 7.53. The minimum Gasteiger partial charge on any atom is -0.254 e. The lowest BCUT2D eigenvalue weighted by Gasteiger charge is -2.12. The second kappa shape index (κ2) is 20.3. The monoisotopic (exact) mass is 563 g/mol. The predicted octanol–water partition coefficient (Wildman–Crippen LogP) is 9.63. The quantitative estimate of drug-likeness (QED) is 0.0942. The van der Waals surface area contributed by atoms with E-state index >= 15 is 0 Å². The summed E-state index contributed by atoms with van der Waals surface area (Å²) < 4.78 is 0. The van der Waals surface area contributed by atoms with Gasteiger partial charge in [-0.3, -0.25) is 4.98 Å². The highest BCUT2D eigenvalue weighted by Crippen LogP contribution is 2.34. The fraction of sp³-hybridized carbons (Fsp3) is 0.750. The third-order valence-corrected chi connectivity index (χ3v) is 11.3. The van der Waals surface area contributed by atoms with Crippen LogP contribution in [-0.2, 0) is 6.42 Å². The summed E-state index contributed by atoms with van der Waals surface area (Å²) in [6.45, 7) is 7.18. The van der Waals surface area contributed by atoms with Crippen molar-refractivity contribution in [2.24, 2.45) is 17.8 Å². The minimum atomic E-state index is -0.341. The Kier molecular flexibility index (Phi) is 16.8. The Labute approximate surface area is 250 Å². The van der Waals surface area contributed by atoms with Gasteiger partial charge < -0.3 is 0 Å². The Morgan fingerprint density at radius 2 is 1.35 bits per heavy atom. The summed E-state index contributed by atoms with van der Waals surface area (Å²) in [5.41, 5.74) is 3.20. The van der Waals surface area contributed by atoms with E-state index in [0.717, 1.165) is 35.6 Å². The molecule has 1 aliphatic rings. The van der Waals surface area contributed by atoms with Crippen molar-refractivity contribution in [3.05, 3.63) is 36.0 Å². The van der Waals surface area contributed by atoms with Gasteiger partial charge in [0.2, 0.25) is 0 Å². The Balaban J connectivity index is 1.22. The van der Waals surface area contributed by atoms with E-state index in [1.54, 1.807) is 0 Å². The number of pyridine rings is 1. The molecule has 0 aromatic carbocycles. The van der Waals surface area contributed by atoms with E-state index in [9.17, 15) is 0 Å². The number of hydrogen-bond donors (Lipinski definition) is 0. The van der Waals surface area contributed by atoms with Crippen LogP contribution >= 0.6 is 0 Å². The first-order chi connectivity index (χ1) is 19.6. The van der Waals surface area contributed by atoms with Crippen molar-refractivity contribution in [3.8, 4) is 11.4 Å². The average molecular weight is 564 g/mol. The van der Waals surface area contributed by atoms with Crippen LogP contribution in [0.5, 0.6) is 0 Å². The van der Waals surface area contributed by atoms with Gasteiger partial charge in [-0.1, -0.05) is 148 Å². The SMILES string of the molecule is CCCCCC(C)CCCCCC(C)C[SiH2]c1ccc(-c2ccc(CCCCCCCCCC3CC3)cn2)nn1. The minimum absolute atomic E-state index is 0.341. The van der Waals surface area contributed by atoms with Crippen molar-refractivity contribution >= 4 is 14.8 Å². The maximum atomic E-state index is 4.71. The zero-order valence-corrected chi connectivity index (χ0v) is 27.9. The van der Waals surface area contributed by atoms with Gasteiger partial charge in [-0.25, -0.2) is 0 Å². The third-order valence-electron chi connectivity index (χ3n) is 9.17. The molecule has 4 heteroatoms. The summed E-state index contributed by atoms with van der Waals surface area (Å²) in [7, 11) is -0.341. The molecule has 1 saturated carbocycles. The van der Waals surface area contributed by atoms with Crippen LogP contribution in [0.4, 0.5) is 0 Å². The van der Waals surface area contributed by atoms with E-state index in [2.05, 4.69) is 55.2 Å². The number of hydrogen-bond acceptors (Lipinski definition) is 3. The molecule has 224 valence electrons. The van der Waals surface area contributed by atoms with Gasteiger partial charge in [0.1, 0.15) is 5.69 Å². The lowest BCUT2D eigenvalue weighted by Crippen LogP contribution is -2.21. The van der Waals surface area contributed by atoms with Crippen LogP contribution in [0.25, 0.3) is 11.4 Å². The van der Waals surface area contributed by atoms with E-state index in [-0.39, 0.29) is 9.52 Å². The van der Waals surface area contributed by atoms with Gasteiger partial charge in [-0.2, -0.15) is 5.10 Å². The second-order valence-corrected chi connectivity index (χ2v) is 15.1. The molecule has 0 bridgehead atoms. The van der Waals surface area contributed by atoms with Gasteiger partial charge >= 0.3 is 0 Å². The molecule has 2 heterocycles. The average Bonchev–Trinajstić information content (AvgIpc) is 3.80. The van der Waals surface area contributed by atoms with Crippen molar-refractivity contribution in [2.45, 2.75) is 155 Å². The first kappa shape index (κ1) is 33.0. The Hall–Kier alpha value is -1.55. The highest BCUT2D eigenvalue weighted by Gasteiger charge is 2.19. The number of unbranched alkanes of at least 4 members (excludes halogenated alkanes) is 10. The summed E-state index contributed by atoms with van der Waals surface area (Å²) in [6.07, 6.45) is 30.1. The zero-order chi connectivity index (χ0) is 28.3. The number of rotatable bonds is 24. The van der Waals surface area contributed by atoms with E-state index < -0.39 is 0 Å². The lowest BCUT2D eigenvalue weighted by atomic mass is 9.96. The zero-order valence-electron chi connectivity index (χ0n) is 26.5. The van der Waals surface area contributed by atoms with Gasteiger partial charge in [-0.05, 0) is 54.4 Å². The fourth-order valence-electron chi connectivity index (χ4n) is 5.99. The molecular weight excluding hydrogens is 503 g/mol. The van der Waals surface area contributed by atoms with Crippen molar-refractivity contribution in [1.82, 2.24) is 15.2 Å². The summed E-state index contributed by atoms with van der Waals surface area (Å²) in [5, 5.41) is 10.4. The molecule has 0 amide bonds. The third kappa shape index (κ3) is 14.9. The molecule has 2 atom stereocenters. The molecule has 0 radical (unpaired) electrons. The molecule has 2 aromatic rings. The summed E-state index contributed by atoms with van der Waals surface area (Å²) in [4.78, 5) is 4.71. The topological polar surface area (TPSA) is 38.7 Å². The van der Waals surface area contributed by atoms with Crippen LogP contribution in [0, 0.1) is 17.8 Å². The predicted molar refractivity (Wildman–Crippen MR) is 177 cm³/mol. The Morgan fingerprint density at radius 3 is 2.00 bits per heavy atom. The summed E-state index contributed by atoms with van der Waals surface area (Å²) in [6, 6.07) is 10.1. The van der Waals surface area contributed by atoms with Crippen LogP contribution < -0.4 is 5.32 Å². The van der Waals surface area contributed by atoms with Gasteiger partial charge in [0.15, 0.2) is 0 Å². The highest BCUT2D eigenvalue weighted by atomic mass is 28.2. The van der Waals surface area contributed by atoms with E-state index in [0.29, 0.717) is 0 Å². The molecule has 0 spiro atoms. The molecule has 2 aromatic heterocycles. The first-order valence-electron chi connectivity index (χ1n) is 17.4. The van der Waals surface area contributed by atoms with E-state index in [4.69, 9.17) is 4.98 Å². The van der Waals surface area contributed by atoms with E-state index in [1.165, 1.54) is 139 Å². The molecular formula is C36H61N3Si. The highest BCUT2D eigenvalue weighted by molar-refractivity contribution is 6.52. The normalized spacial score (nSPS) is 15.2. The van der Waals surface area contributed by atoms with Crippen molar-refractivity contribution in [3.63, 3.8) is 0 Å². The van der Waals surface area contributed by atoms with Gasteiger partial charge in [0.25, 0.3) is 0 Å². The van der Waals surface area contributed by atoms with Crippen molar-refractivity contribution in [2.75, 3.05) is 0 Å². The van der Waals surface area contributed by atoms with Crippen LogP contribution in [0.3, 0.4) is 0 Å². The van der Waals surface area contributed by atoms with Crippen molar-refractivity contribution < 1.29 is 0 Å². The number of aryl methyl sites for hydroxylation is 1. The molecule has 0 N–H and O–H groups in total. The number of aromatic nitrogens is 3. The van der Waals surface area contributed by atoms with Crippen molar-refractivity contribution in [1.29, 1.82) is 0 Å². The Morgan fingerprint density at radius 1 is 0.700 bits per heavy atom. The number of nitrogens with zero attached hydrogens (tertiary/aromatic N) is 3. The first-order valence-corrected chi connectivity index (χ1v) is 19.1. The van der Waals surface area contributed by atoms with Crippen LogP contribution in [-0.4, -0.2) is 24.7 Å². The molecule has 0 aliphatic heterocycles. The molecule has 40 heavy (non-hydrogen) atoms. The second-order valence-electron chi connectivity index (χ2n) is 13.3. The Bertz CT molecular complexity index is 878. The maximum absolute atomic E-state index is 4.71. The van der Waals surface area contributed by atoms with Crippen LogP contribution in [0.2, 0.25) is 6.04 Å². The molecule has 2 unspecified atom stereocenters. The van der Waals surface area contributed by atoms with E-state index in [1.807, 2.05) is 6.20 Å². The summed E-state index contributed by atoms with van der Waals surface area (Å²) in [5.74, 6) is 2.85. The van der Waals surface area contributed by atoms with Gasteiger partial charge in [-0.15, -0.1) is 5.10 Å². The van der Waals surface area contributed by atoms with Crippen LogP contribution in [0.1, 0.15) is 148 Å². The molecule has 3 nitrogen and oxygen atoms in total. The molecule has 1 fully saturated rings. The largest absolute Gasteiger partial charge is 0.254 e. The summed E-state index contributed by atoms with van der Waals surface area (Å²) >= 11 is 0. The van der Waals surface area contributed by atoms with Gasteiger partial charge in [0.05, 0.1) is 15.2 Å². The standard InChI is InChI=1S/C36H61N3Si/c1-4-5-12-17-30(2)18-13-11-14-19-31(3)29-40-36-27-26-35(38-39-36)34-25-24-33(28-37-34)21-16-10-8-6-7-9-15-20-32-22-23-32/h24-28,30-32H,4-23,29,40H2,1-3H3. The smallest absolute Gasteiger partial charge is 0.111 e.